The first-order valence-electron chi connectivity index (χ1n) is 8.60. The highest BCUT2D eigenvalue weighted by molar-refractivity contribution is 5.92. The molecule has 3 N–H and O–H groups in total. The number of ether oxygens (including phenoxy) is 1. The Bertz CT molecular complexity index is 1190. The molecular formula is C20H15F2N5O2. The van der Waals surface area contributed by atoms with Gasteiger partial charge in [-0.05, 0) is 30.3 Å². The number of pyridine rings is 1. The number of rotatable bonds is 5. The molecule has 2 aromatic heterocycles. The van der Waals surface area contributed by atoms with Crippen LogP contribution in [-0.2, 0) is 0 Å². The number of aromatic amines is 1. The Labute approximate surface area is 163 Å². The first kappa shape index (κ1) is 18.4. The number of carbonyl (C=O) groups is 1. The smallest absolute Gasteiger partial charge is 0.269 e. The lowest BCUT2D eigenvalue weighted by Gasteiger charge is -2.06. The van der Waals surface area contributed by atoms with Gasteiger partial charge in [-0.1, -0.05) is 6.07 Å². The molecule has 0 fully saturated rings. The molecule has 0 spiro atoms. The highest BCUT2D eigenvalue weighted by Gasteiger charge is 2.12. The standard InChI is InChI=1S/C20H15F2N5O2/c1-23-19(28)17-10-12(7-8-24-17)29-11-5-6-15-16(9-11)26-20(25-15)27-18-13(21)3-2-4-14(18)22/h2-10H,1H3,(H,23,28)(H2,25,26,27). The van der Waals surface area contributed by atoms with E-state index in [1.807, 2.05) is 0 Å². The fourth-order valence-corrected chi connectivity index (χ4v) is 2.71. The van der Waals surface area contributed by atoms with E-state index in [1.165, 1.54) is 25.4 Å². The fourth-order valence-electron chi connectivity index (χ4n) is 2.71. The van der Waals surface area contributed by atoms with E-state index in [0.717, 1.165) is 12.1 Å². The summed E-state index contributed by atoms with van der Waals surface area (Å²) in [6.45, 7) is 0. The molecular weight excluding hydrogens is 380 g/mol. The number of para-hydroxylation sites is 1. The van der Waals surface area contributed by atoms with Crippen molar-refractivity contribution in [1.82, 2.24) is 20.3 Å². The summed E-state index contributed by atoms with van der Waals surface area (Å²) >= 11 is 0. The lowest BCUT2D eigenvalue weighted by atomic mass is 10.3. The van der Waals surface area contributed by atoms with Gasteiger partial charge in [0.2, 0.25) is 5.95 Å². The van der Waals surface area contributed by atoms with Crippen LogP contribution >= 0.6 is 0 Å². The van der Waals surface area contributed by atoms with E-state index in [0.29, 0.717) is 22.5 Å². The van der Waals surface area contributed by atoms with Gasteiger partial charge in [0.1, 0.15) is 34.5 Å². The van der Waals surface area contributed by atoms with Crippen molar-refractivity contribution in [1.29, 1.82) is 0 Å². The van der Waals surface area contributed by atoms with Gasteiger partial charge in [0.25, 0.3) is 5.91 Å². The Morgan fingerprint density at radius 1 is 1.07 bits per heavy atom. The van der Waals surface area contributed by atoms with Crippen molar-refractivity contribution in [2.45, 2.75) is 0 Å². The van der Waals surface area contributed by atoms with Crippen molar-refractivity contribution in [3.63, 3.8) is 0 Å². The molecule has 29 heavy (non-hydrogen) atoms. The summed E-state index contributed by atoms with van der Waals surface area (Å²) in [5, 5.41) is 5.11. The van der Waals surface area contributed by atoms with E-state index in [2.05, 4.69) is 25.6 Å². The molecule has 2 heterocycles. The van der Waals surface area contributed by atoms with Crippen LogP contribution in [0.15, 0.2) is 54.7 Å². The largest absolute Gasteiger partial charge is 0.457 e. The van der Waals surface area contributed by atoms with Crippen LogP contribution in [0.25, 0.3) is 11.0 Å². The number of benzene rings is 2. The maximum atomic E-state index is 13.8. The summed E-state index contributed by atoms with van der Waals surface area (Å²) in [6.07, 6.45) is 1.47. The van der Waals surface area contributed by atoms with Gasteiger partial charge >= 0.3 is 0 Å². The number of amides is 1. The van der Waals surface area contributed by atoms with Crippen LogP contribution in [0, 0.1) is 11.6 Å². The van der Waals surface area contributed by atoms with Crippen LogP contribution < -0.4 is 15.4 Å². The Morgan fingerprint density at radius 3 is 2.59 bits per heavy atom. The van der Waals surface area contributed by atoms with Crippen molar-refractivity contribution in [2.75, 3.05) is 12.4 Å². The van der Waals surface area contributed by atoms with Gasteiger partial charge in [-0.25, -0.2) is 13.8 Å². The zero-order valence-electron chi connectivity index (χ0n) is 15.2. The van der Waals surface area contributed by atoms with Crippen molar-refractivity contribution >= 4 is 28.6 Å². The minimum Gasteiger partial charge on any atom is -0.457 e. The van der Waals surface area contributed by atoms with Gasteiger partial charge in [0.15, 0.2) is 0 Å². The minimum absolute atomic E-state index is 0.187. The van der Waals surface area contributed by atoms with Gasteiger partial charge in [0, 0.05) is 25.4 Å². The molecule has 0 atom stereocenters. The summed E-state index contributed by atoms with van der Waals surface area (Å²) in [6, 6.07) is 11.8. The number of fused-ring (bicyclic) bond motifs is 1. The Hall–Kier alpha value is -4.01. The second-order valence-electron chi connectivity index (χ2n) is 6.04. The van der Waals surface area contributed by atoms with Crippen LogP contribution in [0.3, 0.4) is 0 Å². The lowest BCUT2D eigenvalue weighted by Crippen LogP contribution is -2.18. The van der Waals surface area contributed by atoms with Crippen molar-refractivity contribution in [3.05, 3.63) is 72.1 Å². The van der Waals surface area contributed by atoms with Crippen LogP contribution in [-0.4, -0.2) is 27.9 Å². The Morgan fingerprint density at radius 2 is 1.83 bits per heavy atom. The number of imidazole rings is 1. The number of aromatic nitrogens is 3. The van der Waals surface area contributed by atoms with E-state index in [9.17, 15) is 13.6 Å². The number of halogens is 2. The molecule has 0 saturated carbocycles. The summed E-state index contributed by atoms with van der Waals surface area (Å²) in [7, 11) is 1.52. The number of nitrogens with one attached hydrogen (secondary N) is 3. The second kappa shape index (κ2) is 7.55. The maximum absolute atomic E-state index is 13.8. The number of hydrogen-bond acceptors (Lipinski definition) is 5. The van der Waals surface area contributed by atoms with E-state index in [1.54, 1.807) is 24.3 Å². The van der Waals surface area contributed by atoms with E-state index >= 15 is 0 Å². The Kier molecular flexibility index (Phi) is 4.78. The number of nitrogens with zero attached hydrogens (tertiary/aromatic N) is 2. The second-order valence-corrected chi connectivity index (χ2v) is 6.04. The SMILES string of the molecule is CNC(=O)c1cc(Oc2ccc3[nH]c(Nc4c(F)cccc4F)nc3c2)ccn1. The van der Waals surface area contributed by atoms with Crippen LogP contribution in [0.5, 0.6) is 11.5 Å². The van der Waals surface area contributed by atoms with Crippen molar-refractivity contribution in [2.24, 2.45) is 0 Å². The molecule has 4 rings (SSSR count). The zero-order chi connectivity index (χ0) is 20.4. The molecule has 0 unspecified atom stereocenters. The first-order valence-corrected chi connectivity index (χ1v) is 8.60. The average molecular weight is 395 g/mol. The van der Waals surface area contributed by atoms with Crippen LogP contribution in [0.1, 0.15) is 10.5 Å². The van der Waals surface area contributed by atoms with Crippen molar-refractivity contribution < 1.29 is 18.3 Å². The van der Waals surface area contributed by atoms with E-state index in [-0.39, 0.29) is 23.2 Å². The third-order valence-corrected chi connectivity index (χ3v) is 4.09. The van der Waals surface area contributed by atoms with Gasteiger partial charge in [-0.3, -0.25) is 9.78 Å². The lowest BCUT2D eigenvalue weighted by molar-refractivity contribution is 0.0958. The van der Waals surface area contributed by atoms with E-state index < -0.39 is 11.6 Å². The molecule has 0 aliphatic heterocycles. The van der Waals surface area contributed by atoms with E-state index in [4.69, 9.17) is 4.74 Å². The maximum Gasteiger partial charge on any atom is 0.269 e. The predicted molar refractivity (Wildman–Crippen MR) is 103 cm³/mol. The topological polar surface area (TPSA) is 91.9 Å². The number of H-pyrrole nitrogens is 1. The molecule has 7 nitrogen and oxygen atoms in total. The molecule has 2 aromatic carbocycles. The summed E-state index contributed by atoms with van der Waals surface area (Å²) < 4.78 is 33.4. The number of anilines is 2. The molecule has 0 saturated heterocycles. The normalized spacial score (nSPS) is 10.7. The summed E-state index contributed by atoms with van der Waals surface area (Å²) in [4.78, 5) is 22.9. The highest BCUT2D eigenvalue weighted by Crippen LogP contribution is 2.27. The monoisotopic (exact) mass is 395 g/mol. The zero-order valence-corrected chi connectivity index (χ0v) is 15.2. The fraction of sp³-hybridized carbons (Fsp3) is 0.0500. The first-order chi connectivity index (χ1) is 14.0. The average Bonchev–Trinajstić information content (AvgIpc) is 3.12. The minimum atomic E-state index is -0.723. The molecule has 0 aliphatic carbocycles. The highest BCUT2D eigenvalue weighted by atomic mass is 19.1. The molecule has 0 radical (unpaired) electrons. The molecule has 0 bridgehead atoms. The van der Waals surface area contributed by atoms with Crippen molar-refractivity contribution in [3.8, 4) is 11.5 Å². The molecule has 0 aliphatic rings. The molecule has 146 valence electrons. The third kappa shape index (κ3) is 3.84. The van der Waals surface area contributed by atoms with Gasteiger partial charge in [0.05, 0.1) is 11.0 Å². The molecule has 1 amide bonds. The predicted octanol–water partition coefficient (Wildman–Crippen LogP) is 4.13. The summed E-state index contributed by atoms with van der Waals surface area (Å²) in [5.41, 5.74) is 1.12. The Balaban J connectivity index is 1.58. The van der Waals surface area contributed by atoms with Gasteiger partial charge in [-0.2, -0.15) is 0 Å². The molecule has 9 heteroatoms. The van der Waals surface area contributed by atoms with Gasteiger partial charge < -0.3 is 20.4 Å². The quantitative estimate of drug-likeness (QED) is 0.473. The van der Waals surface area contributed by atoms with Gasteiger partial charge in [-0.15, -0.1) is 0 Å². The third-order valence-electron chi connectivity index (χ3n) is 4.09. The van der Waals surface area contributed by atoms with Crippen LogP contribution in [0.2, 0.25) is 0 Å². The molecule has 4 aromatic rings. The number of carbonyl (C=O) groups excluding carboxylic acids is 1. The van der Waals surface area contributed by atoms with Crippen LogP contribution in [0.4, 0.5) is 20.4 Å². The number of hydrogen-bond donors (Lipinski definition) is 3. The summed E-state index contributed by atoms with van der Waals surface area (Å²) in [5.74, 6) is -0.679.